The zero-order chi connectivity index (χ0) is 57.3. The van der Waals surface area contributed by atoms with Gasteiger partial charge < -0.3 is 27.4 Å². The highest BCUT2D eigenvalue weighted by molar-refractivity contribution is 5.98. The van der Waals surface area contributed by atoms with Gasteiger partial charge in [0.05, 0.1) is 34.1 Å². The van der Waals surface area contributed by atoms with Crippen LogP contribution in [0.3, 0.4) is 0 Å². The minimum atomic E-state index is 0.349. The van der Waals surface area contributed by atoms with E-state index in [4.69, 9.17) is 0 Å². The summed E-state index contributed by atoms with van der Waals surface area (Å²) in [7, 11) is 0. The van der Waals surface area contributed by atoms with E-state index in [0.29, 0.717) is 101 Å². The fraction of sp³-hybridized carbons (Fsp3) is 0. The van der Waals surface area contributed by atoms with Crippen molar-refractivity contribution in [3.63, 3.8) is 0 Å². The molecule has 0 aliphatic heterocycles. The quantitative estimate of drug-likeness (QED) is 0.0786. The van der Waals surface area contributed by atoms with Crippen molar-refractivity contribution < 1.29 is 28.8 Å². The van der Waals surface area contributed by atoms with Crippen molar-refractivity contribution in [2.24, 2.45) is 0 Å². The molecular weight excluding hydrogens is 1040 g/mol. The SMILES string of the molecule is O=Cc1cn(-c2c(-n3cc(C=O)c(-c4ccccc4)c3)c(-n3cc(C=O)c(-c4ccccc4)c3)c(-n3cc(C=O)c(-c4ccccc4)c3)c(-n3cc(C=O)c(-c4ccccc4)c3)c2-n2cc(C=O)c(-c3ccccc3)c2)cc1-c1ccccc1. The van der Waals surface area contributed by atoms with Crippen LogP contribution in [0.5, 0.6) is 0 Å². The molecule has 0 N–H and O–H groups in total. The lowest BCUT2D eigenvalue weighted by Gasteiger charge is -2.29. The second-order valence-electron chi connectivity index (χ2n) is 20.2. The van der Waals surface area contributed by atoms with Crippen LogP contribution in [0.2, 0.25) is 0 Å². The van der Waals surface area contributed by atoms with Gasteiger partial charge in [-0.25, -0.2) is 0 Å². The monoisotopic (exact) mass is 1090 g/mol. The van der Waals surface area contributed by atoms with E-state index in [9.17, 15) is 28.8 Å². The second kappa shape index (κ2) is 22.1. The average Bonchev–Trinajstić information content (AvgIpc) is 1.61. The molecule has 402 valence electrons. The predicted octanol–water partition coefficient (Wildman–Crippen LogP) is 15.3. The van der Waals surface area contributed by atoms with Crippen molar-refractivity contribution in [1.82, 2.24) is 27.4 Å². The third-order valence-corrected chi connectivity index (χ3v) is 15.3. The number of rotatable bonds is 18. The van der Waals surface area contributed by atoms with Gasteiger partial charge in [0.25, 0.3) is 0 Å². The zero-order valence-corrected chi connectivity index (χ0v) is 44.8. The summed E-state index contributed by atoms with van der Waals surface area (Å²) in [6.45, 7) is 0. The van der Waals surface area contributed by atoms with Crippen LogP contribution in [0.15, 0.2) is 256 Å². The number of aromatic nitrogens is 6. The first-order valence-corrected chi connectivity index (χ1v) is 27.0. The summed E-state index contributed by atoms with van der Waals surface area (Å²) in [4.78, 5) is 81.9. The van der Waals surface area contributed by atoms with Crippen LogP contribution in [0.4, 0.5) is 0 Å². The van der Waals surface area contributed by atoms with Crippen LogP contribution in [0.1, 0.15) is 62.1 Å². The van der Waals surface area contributed by atoms with Crippen molar-refractivity contribution in [2.45, 2.75) is 0 Å². The number of hydrogen-bond acceptors (Lipinski definition) is 6. The first kappa shape index (κ1) is 51.7. The molecule has 0 fully saturated rings. The molecule has 6 aromatic heterocycles. The van der Waals surface area contributed by atoms with Gasteiger partial charge in [0.2, 0.25) is 0 Å². The Morgan fingerprint density at radius 2 is 0.310 bits per heavy atom. The number of aldehydes is 6. The molecular formula is C72H48N6O6. The van der Waals surface area contributed by atoms with Gasteiger partial charge in [0.15, 0.2) is 37.7 Å². The Labute approximate surface area is 482 Å². The lowest BCUT2D eigenvalue weighted by Crippen LogP contribution is -2.18. The molecule has 0 bridgehead atoms. The van der Waals surface area contributed by atoms with Crippen LogP contribution in [-0.2, 0) is 0 Å². The topological polar surface area (TPSA) is 132 Å². The maximum atomic E-state index is 13.6. The van der Waals surface area contributed by atoms with Gasteiger partial charge in [-0.15, -0.1) is 0 Å². The van der Waals surface area contributed by atoms with Gasteiger partial charge in [-0.05, 0) is 33.4 Å². The van der Waals surface area contributed by atoms with Gasteiger partial charge in [-0.3, -0.25) is 28.8 Å². The second-order valence-corrected chi connectivity index (χ2v) is 20.2. The molecule has 0 atom stereocenters. The molecule has 12 nitrogen and oxygen atoms in total. The van der Waals surface area contributed by atoms with Crippen molar-refractivity contribution in [1.29, 1.82) is 0 Å². The van der Waals surface area contributed by atoms with Gasteiger partial charge in [-0.1, -0.05) is 182 Å². The Kier molecular flexibility index (Phi) is 13.6. The van der Waals surface area contributed by atoms with Crippen LogP contribution >= 0.6 is 0 Å². The first-order valence-electron chi connectivity index (χ1n) is 27.0. The Balaban J connectivity index is 1.32. The molecule has 13 rings (SSSR count). The van der Waals surface area contributed by atoms with E-state index in [2.05, 4.69) is 0 Å². The summed E-state index contributed by atoms with van der Waals surface area (Å²) in [5.74, 6) is 0. The van der Waals surface area contributed by atoms with Crippen LogP contribution in [0.25, 0.3) is 101 Å². The van der Waals surface area contributed by atoms with E-state index in [1.165, 1.54) is 0 Å². The van der Waals surface area contributed by atoms with Gasteiger partial charge in [0, 0.05) is 141 Å². The number of benzene rings is 7. The summed E-state index contributed by atoms with van der Waals surface area (Å²) in [6, 6.07) is 57.3. The summed E-state index contributed by atoms with van der Waals surface area (Å²) in [5.41, 5.74) is 12.8. The molecule has 12 heteroatoms. The van der Waals surface area contributed by atoms with Crippen LogP contribution in [0, 0.1) is 0 Å². The molecule has 84 heavy (non-hydrogen) atoms. The lowest BCUT2D eigenvalue weighted by molar-refractivity contribution is 0.111. The molecule has 7 aromatic carbocycles. The third kappa shape index (κ3) is 9.11. The van der Waals surface area contributed by atoms with Crippen LogP contribution in [-0.4, -0.2) is 65.1 Å². The predicted molar refractivity (Wildman–Crippen MR) is 327 cm³/mol. The summed E-state index contributed by atoms with van der Waals surface area (Å²) in [5, 5.41) is 0. The normalized spacial score (nSPS) is 11.1. The standard InChI is InChI=1S/C72H48N6O6/c79-43-55-31-73(37-61(55)49-19-7-1-8-20-49)67-68(74-32-56(44-80)62(38-74)50-21-9-2-10-22-50)70(76-34-58(46-82)64(40-76)52-25-13-4-14-26-52)72(78-36-60(48-84)66(42-78)54-29-17-6-18-30-54)71(77-35-59(47-83)65(41-77)53-27-15-5-16-28-53)69(67)75-33-57(45-81)63(39-75)51-23-11-3-12-24-51/h1-48H. The highest BCUT2D eigenvalue weighted by Crippen LogP contribution is 2.48. The number of carbonyl (C=O) groups excluding carboxylic acids is 6. The van der Waals surface area contributed by atoms with E-state index >= 15 is 0 Å². The molecule has 0 spiro atoms. The summed E-state index contributed by atoms with van der Waals surface area (Å²) in [6.07, 6.45) is 26.7. The number of nitrogens with zero attached hydrogens (tertiary/aromatic N) is 6. The molecule has 0 unspecified atom stereocenters. The minimum Gasteiger partial charge on any atom is -0.319 e. The van der Waals surface area contributed by atoms with E-state index < -0.39 is 0 Å². The molecule has 0 amide bonds. The Bertz CT molecular complexity index is 3850. The van der Waals surface area contributed by atoms with Gasteiger partial charge in [-0.2, -0.15) is 0 Å². The number of carbonyl (C=O) groups is 6. The highest BCUT2D eigenvalue weighted by Gasteiger charge is 2.34. The Hall–Kier alpha value is -11.8. The number of hydrogen-bond donors (Lipinski definition) is 0. The Morgan fingerprint density at radius 1 is 0.179 bits per heavy atom. The lowest BCUT2D eigenvalue weighted by atomic mass is 10.0. The highest BCUT2D eigenvalue weighted by atomic mass is 16.1. The van der Waals surface area contributed by atoms with E-state index in [1.54, 1.807) is 37.2 Å². The van der Waals surface area contributed by atoms with Crippen molar-refractivity contribution in [2.75, 3.05) is 0 Å². The summed E-state index contributed by atoms with van der Waals surface area (Å²) >= 11 is 0. The molecule has 0 aliphatic carbocycles. The fourth-order valence-electron chi connectivity index (χ4n) is 11.5. The first-order chi connectivity index (χ1) is 41.4. The maximum absolute atomic E-state index is 13.6. The minimum absolute atomic E-state index is 0.349. The molecule has 0 radical (unpaired) electrons. The van der Waals surface area contributed by atoms with Gasteiger partial charge in [0.1, 0.15) is 0 Å². The zero-order valence-electron chi connectivity index (χ0n) is 44.8. The van der Waals surface area contributed by atoms with E-state index in [-0.39, 0.29) is 0 Å². The molecule has 0 saturated heterocycles. The smallest absolute Gasteiger partial charge is 0.152 e. The van der Waals surface area contributed by atoms with Gasteiger partial charge >= 0.3 is 0 Å². The van der Waals surface area contributed by atoms with Crippen molar-refractivity contribution in [3.8, 4) is 101 Å². The average molecular weight is 1090 g/mol. The maximum Gasteiger partial charge on any atom is 0.152 e. The third-order valence-electron chi connectivity index (χ3n) is 15.3. The Morgan fingerprint density at radius 3 is 0.429 bits per heavy atom. The molecule has 6 heterocycles. The summed E-state index contributed by atoms with van der Waals surface area (Å²) < 4.78 is 11.3. The molecule has 0 aliphatic rings. The van der Waals surface area contributed by atoms with Crippen molar-refractivity contribution >= 4 is 37.7 Å². The molecule has 0 saturated carbocycles. The van der Waals surface area contributed by atoms with E-state index in [1.807, 2.05) is 247 Å². The van der Waals surface area contributed by atoms with E-state index in [0.717, 1.165) is 71.1 Å². The molecule has 13 aromatic rings. The fourth-order valence-corrected chi connectivity index (χ4v) is 11.5. The van der Waals surface area contributed by atoms with Crippen molar-refractivity contribution in [3.05, 3.63) is 290 Å². The largest absolute Gasteiger partial charge is 0.319 e. The van der Waals surface area contributed by atoms with Crippen LogP contribution < -0.4 is 0 Å².